The van der Waals surface area contributed by atoms with Crippen LogP contribution in [-0.2, 0) is 17.8 Å². The lowest BCUT2D eigenvalue weighted by Gasteiger charge is -2.14. The number of benzene rings is 2. The van der Waals surface area contributed by atoms with Crippen LogP contribution in [0.4, 0.5) is 0 Å². The molecule has 0 N–H and O–H groups in total. The SMILES string of the molecule is BrCC(COCc1ccccc1)Cc1ccccc1. The molecule has 1 atom stereocenters. The van der Waals surface area contributed by atoms with E-state index in [-0.39, 0.29) is 0 Å². The van der Waals surface area contributed by atoms with E-state index in [1.54, 1.807) is 0 Å². The molecule has 2 aromatic rings. The Bertz CT molecular complexity index is 455. The first-order chi connectivity index (χ1) is 9.38. The molecule has 2 aromatic carbocycles. The second-order valence-corrected chi connectivity index (χ2v) is 5.36. The largest absolute Gasteiger partial charge is 0.376 e. The fraction of sp³-hybridized carbons (Fsp3) is 0.294. The molecule has 0 aliphatic rings. The van der Waals surface area contributed by atoms with E-state index in [1.165, 1.54) is 11.1 Å². The molecule has 1 unspecified atom stereocenters. The Morgan fingerprint density at radius 2 is 1.42 bits per heavy atom. The van der Waals surface area contributed by atoms with E-state index in [2.05, 4.69) is 58.4 Å². The van der Waals surface area contributed by atoms with E-state index in [9.17, 15) is 0 Å². The van der Waals surface area contributed by atoms with Crippen molar-refractivity contribution in [1.29, 1.82) is 0 Å². The maximum atomic E-state index is 5.81. The summed E-state index contributed by atoms with van der Waals surface area (Å²) in [6.45, 7) is 1.48. The van der Waals surface area contributed by atoms with Crippen LogP contribution in [0.3, 0.4) is 0 Å². The average molecular weight is 319 g/mol. The first-order valence-corrected chi connectivity index (χ1v) is 7.72. The van der Waals surface area contributed by atoms with E-state index in [0.717, 1.165) is 18.4 Å². The molecule has 0 aromatic heterocycles. The fourth-order valence-electron chi connectivity index (χ4n) is 2.02. The highest BCUT2D eigenvalue weighted by Crippen LogP contribution is 2.13. The third-order valence-electron chi connectivity index (χ3n) is 3.05. The zero-order chi connectivity index (χ0) is 13.3. The molecule has 100 valence electrons. The van der Waals surface area contributed by atoms with Gasteiger partial charge in [0.15, 0.2) is 0 Å². The molecule has 2 rings (SSSR count). The standard InChI is InChI=1S/C17H19BrO/c18-12-17(11-15-7-3-1-4-8-15)14-19-13-16-9-5-2-6-10-16/h1-10,17H,11-14H2. The minimum absolute atomic E-state index is 0.520. The van der Waals surface area contributed by atoms with E-state index in [4.69, 9.17) is 4.74 Å². The van der Waals surface area contributed by atoms with Gasteiger partial charge in [0.1, 0.15) is 0 Å². The zero-order valence-electron chi connectivity index (χ0n) is 11.0. The third-order valence-corrected chi connectivity index (χ3v) is 3.97. The van der Waals surface area contributed by atoms with Crippen molar-refractivity contribution in [3.05, 3.63) is 71.8 Å². The third kappa shape index (κ3) is 5.17. The lowest BCUT2D eigenvalue weighted by molar-refractivity contribution is 0.0938. The fourth-order valence-corrected chi connectivity index (χ4v) is 2.44. The van der Waals surface area contributed by atoms with Crippen LogP contribution in [0.1, 0.15) is 11.1 Å². The summed E-state index contributed by atoms with van der Waals surface area (Å²) in [6.07, 6.45) is 1.06. The monoisotopic (exact) mass is 318 g/mol. The second-order valence-electron chi connectivity index (χ2n) is 4.71. The maximum absolute atomic E-state index is 5.81. The van der Waals surface area contributed by atoms with Gasteiger partial charge in [-0.3, -0.25) is 0 Å². The van der Waals surface area contributed by atoms with Crippen molar-refractivity contribution in [3.8, 4) is 0 Å². The highest BCUT2D eigenvalue weighted by Gasteiger charge is 2.08. The number of alkyl halides is 1. The van der Waals surface area contributed by atoms with Crippen LogP contribution in [0.15, 0.2) is 60.7 Å². The number of ether oxygens (including phenoxy) is 1. The van der Waals surface area contributed by atoms with Crippen molar-refractivity contribution in [2.24, 2.45) is 5.92 Å². The van der Waals surface area contributed by atoms with Gasteiger partial charge in [0, 0.05) is 5.33 Å². The van der Waals surface area contributed by atoms with Gasteiger partial charge >= 0.3 is 0 Å². The zero-order valence-corrected chi connectivity index (χ0v) is 12.6. The molecule has 0 heterocycles. The molecule has 2 heteroatoms. The molecular weight excluding hydrogens is 300 g/mol. The van der Waals surface area contributed by atoms with Crippen molar-refractivity contribution in [3.63, 3.8) is 0 Å². The van der Waals surface area contributed by atoms with Crippen molar-refractivity contribution in [1.82, 2.24) is 0 Å². The predicted octanol–water partition coefficient (Wildman–Crippen LogP) is 4.46. The molecule has 0 spiro atoms. The van der Waals surface area contributed by atoms with Crippen LogP contribution >= 0.6 is 15.9 Å². The van der Waals surface area contributed by atoms with Crippen LogP contribution in [0.5, 0.6) is 0 Å². The molecule has 0 aliphatic heterocycles. The Morgan fingerprint density at radius 1 is 0.842 bits per heavy atom. The van der Waals surface area contributed by atoms with Crippen molar-refractivity contribution < 1.29 is 4.74 Å². The molecule has 1 nitrogen and oxygen atoms in total. The minimum atomic E-state index is 0.520. The van der Waals surface area contributed by atoms with Crippen LogP contribution in [0.2, 0.25) is 0 Å². The number of rotatable bonds is 7. The maximum Gasteiger partial charge on any atom is 0.0717 e. The van der Waals surface area contributed by atoms with Gasteiger partial charge in [-0.15, -0.1) is 0 Å². The van der Waals surface area contributed by atoms with Gasteiger partial charge in [-0.1, -0.05) is 76.6 Å². The topological polar surface area (TPSA) is 9.23 Å². The van der Waals surface area contributed by atoms with Gasteiger partial charge in [0.25, 0.3) is 0 Å². The number of hydrogen-bond donors (Lipinski definition) is 0. The van der Waals surface area contributed by atoms with E-state index < -0.39 is 0 Å². The van der Waals surface area contributed by atoms with Crippen molar-refractivity contribution in [2.75, 3.05) is 11.9 Å². The molecule has 0 saturated carbocycles. The first-order valence-electron chi connectivity index (χ1n) is 6.60. The lowest BCUT2D eigenvalue weighted by Crippen LogP contribution is -2.14. The molecule has 0 amide bonds. The van der Waals surface area contributed by atoms with E-state index in [1.807, 2.05) is 18.2 Å². The Balaban J connectivity index is 1.77. The Kier molecular flexibility index (Phi) is 6.12. The molecule has 0 radical (unpaired) electrons. The van der Waals surface area contributed by atoms with Gasteiger partial charge in [-0.05, 0) is 23.5 Å². The predicted molar refractivity (Wildman–Crippen MR) is 83.5 cm³/mol. The molecule has 0 aliphatic carbocycles. The van der Waals surface area contributed by atoms with Gasteiger partial charge in [0.2, 0.25) is 0 Å². The molecule has 0 fully saturated rings. The summed E-state index contributed by atoms with van der Waals surface area (Å²) >= 11 is 3.58. The highest BCUT2D eigenvalue weighted by atomic mass is 79.9. The Hall–Kier alpha value is -1.12. The van der Waals surface area contributed by atoms with Crippen LogP contribution in [0, 0.1) is 5.92 Å². The molecule has 0 bridgehead atoms. The Morgan fingerprint density at radius 3 is 2.00 bits per heavy atom. The van der Waals surface area contributed by atoms with Crippen molar-refractivity contribution >= 4 is 15.9 Å². The van der Waals surface area contributed by atoms with Gasteiger partial charge in [-0.25, -0.2) is 0 Å². The van der Waals surface area contributed by atoms with Crippen LogP contribution < -0.4 is 0 Å². The molecule has 0 saturated heterocycles. The van der Waals surface area contributed by atoms with Gasteiger partial charge in [-0.2, -0.15) is 0 Å². The van der Waals surface area contributed by atoms with E-state index in [0.29, 0.717) is 12.5 Å². The summed E-state index contributed by atoms with van der Waals surface area (Å²) in [7, 11) is 0. The quantitative estimate of drug-likeness (QED) is 0.685. The normalized spacial score (nSPS) is 12.3. The summed E-state index contributed by atoms with van der Waals surface area (Å²) in [4.78, 5) is 0. The molecular formula is C17H19BrO. The van der Waals surface area contributed by atoms with Gasteiger partial charge in [0.05, 0.1) is 13.2 Å². The Labute approximate surface area is 123 Å². The van der Waals surface area contributed by atoms with Crippen LogP contribution in [-0.4, -0.2) is 11.9 Å². The second kappa shape index (κ2) is 8.13. The summed E-state index contributed by atoms with van der Waals surface area (Å²) in [5.41, 5.74) is 2.60. The summed E-state index contributed by atoms with van der Waals surface area (Å²) in [5.74, 6) is 0.520. The smallest absolute Gasteiger partial charge is 0.0717 e. The van der Waals surface area contributed by atoms with E-state index >= 15 is 0 Å². The first kappa shape index (κ1) is 14.3. The lowest BCUT2D eigenvalue weighted by atomic mass is 10.0. The summed E-state index contributed by atoms with van der Waals surface area (Å²) in [5, 5.41) is 0.969. The summed E-state index contributed by atoms with van der Waals surface area (Å²) in [6, 6.07) is 20.9. The van der Waals surface area contributed by atoms with Crippen molar-refractivity contribution in [2.45, 2.75) is 13.0 Å². The number of hydrogen-bond acceptors (Lipinski definition) is 1. The van der Waals surface area contributed by atoms with Crippen LogP contribution in [0.25, 0.3) is 0 Å². The summed E-state index contributed by atoms with van der Waals surface area (Å²) < 4.78 is 5.81. The average Bonchev–Trinajstić information content (AvgIpc) is 2.48. The minimum Gasteiger partial charge on any atom is -0.376 e. The van der Waals surface area contributed by atoms with Gasteiger partial charge < -0.3 is 4.74 Å². The molecule has 19 heavy (non-hydrogen) atoms. The highest BCUT2D eigenvalue weighted by molar-refractivity contribution is 9.09. The number of halogens is 1.